The molecule has 0 atom stereocenters. The maximum atomic E-state index is 9.44. The van der Waals surface area contributed by atoms with E-state index in [2.05, 4.69) is 0 Å². The van der Waals surface area contributed by atoms with Crippen LogP contribution in [-0.2, 0) is 0 Å². The zero-order valence-corrected chi connectivity index (χ0v) is 9.97. The number of nitrogen functional groups attached to an aromatic ring is 1. The van der Waals surface area contributed by atoms with Crippen LogP contribution in [-0.4, -0.2) is 17.9 Å². The minimum absolute atomic E-state index is 0.0949. The lowest BCUT2D eigenvalue weighted by Crippen LogP contribution is -2.05. The predicted octanol–water partition coefficient (Wildman–Crippen LogP) is 2.40. The Hall–Kier alpha value is -2.49. The van der Waals surface area contributed by atoms with Crippen LogP contribution in [0, 0.1) is 5.41 Å². The first-order valence-electron chi connectivity index (χ1n) is 5.43. The predicted molar refractivity (Wildman–Crippen MR) is 71.4 cm³/mol. The van der Waals surface area contributed by atoms with E-state index in [-0.39, 0.29) is 11.5 Å². The van der Waals surface area contributed by atoms with Gasteiger partial charge >= 0.3 is 0 Å². The zero-order valence-electron chi connectivity index (χ0n) is 9.97. The first-order valence-corrected chi connectivity index (χ1v) is 5.43. The number of aromatic hydroxyl groups is 1. The number of rotatable bonds is 3. The Balaban J connectivity index is 2.38. The Kier molecular flexibility index (Phi) is 3.19. The highest BCUT2D eigenvalue weighted by atomic mass is 16.5. The molecule has 0 aliphatic carbocycles. The molecule has 0 aliphatic rings. The van der Waals surface area contributed by atoms with Crippen LogP contribution in [0.15, 0.2) is 42.5 Å². The average Bonchev–Trinajstić information content (AvgIpc) is 2.41. The molecule has 2 aromatic carbocycles. The summed E-state index contributed by atoms with van der Waals surface area (Å²) in [5, 5.41) is 17.5. The van der Waals surface area contributed by atoms with E-state index >= 15 is 0 Å². The maximum absolute atomic E-state index is 9.44. The van der Waals surface area contributed by atoms with E-state index in [1.165, 1.54) is 12.1 Å². The maximum Gasteiger partial charge on any atom is 0.118 e. The van der Waals surface area contributed by atoms with Crippen molar-refractivity contribution in [1.29, 1.82) is 5.41 Å². The van der Waals surface area contributed by atoms with Gasteiger partial charge in [-0.3, -0.25) is 5.41 Å². The van der Waals surface area contributed by atoms with Gasteiger partial charge in [-0.15, -0.1) is 0 Å². The van der Waals surface area contributed by atoms with Crippen molar-refractivity contribution in [3.05, 3.63) is 53.6 Å². The van der Waals surface area contributed by atoms with Crippen LogP contribution >= 0.6 is 0 Å². The number of methoxy groups -OCH3 is 1. The average molecular weight is 242 g/mol. The summed E-state index contributed by atoms with van der Waals surface area (Å²) in [6, 6.07) is 11.7. The molecule has 0 aliphatic heterocycles. The van der Waals surface area contributed by atoms with Crippen molar-refractivity contribution < 1.29 is 9.84 Å². The van der Waals surface area contributed by atoms with Gasteiger partial charge in [0.1, 0.15) is 11.5 Å². The fourth-order valence-electron chi connectivity index (χ4n) is 1.67. The van der Waals surface area contributed by atoms with Crippen LogP contribution in [0.5, 0.6) is 11.5 Å². The topological polar surface area (TPSA) is 79.3 Å². The summed E-state index contributed by atoms with van der Waals surface area (Å²) in [5.74, 6) is 0.827. The van der Waals surface area contributed by atoms with Gasteiger partial charge < -0.3 is 15.6 Å². The zero-order chi connectivity index (χ0) is 13.1. The third-order valence-corrected chi connectivity index (χ3v) is 2.68. The second-order valence-corrected chi connectivity index (χ2v) is 3.88. The summed E-state index contributed by atoms with van der Waals surface area (Å²) in [7, 11) is 1.59. The van der Waals surface area contributed by atoms with Gasteiger partial charge in [0.2, 0.25) is 0 Å². The van der Waals surface area contributed by atoms with Gasteiger partial charge in [0.25, 0.3) is 0 Å². The Bertz CT molecular complexity index is 577. The number of ether oxygens (including phenoxy) is 1. The molecule has 0 bridgehead atoms. The standard InChI is InChI=1S/C14H14N2O2/c1-18-11-5-2-9(3-6-11)14(16)12-8-10(17)4-7-13(12)15/h2-8,16-17H,15H2,1H3. The summed E-state index contributed by atoms with van der Waals surface area (Å²) in [5.41, 5.74) is 7.77. The van der Waals surface area contributed by atoms with Gasteiger partial charge in [-0.1, -0.05) is 0 Å². The van der Waals surface area contributed by atoms with Crippen LogP contribution in [0.3, 0.4) is 0 Å². The normalized spacial score (nSPS) is 10.1. The van der Waals surface area contributed by atoms with Gasteiger partial charge in [0, 0.05) is 16.8 Å². The molecular formula is C14H14N2O2. The quantitative estimate of drug-likeness (QED) is 0.439. The highest BCUT2D eigenvalue weighted by Gasteiger charge is 2.09. The van der Waals surface area contributed by atoms with Gasteiger partial charge in [-0.25, -0.2) is 0 Å². The number of nitrogens with two attached hydrogens (primary N) is 1. The molecule has 0 amide bonds. The van der Waals surface area contributed by atoms with E-state index in [9.17, 15) is 5.11 Å². The molecule has 4 N–H and O–H groups in total. The van der Waals surface area contributed by atoms with Crippen molar-refractivity contribution in [3.8, 4) is 11.5 Å². The van der Waals surface area contributed by atoms with E-state index in [0.29, 0.717) is 16.8 Å². The highest BCUT2D eigenvalue weighted by Crippen LogP contribution is 2.22. The third-order valence-electron chi connectivity index (χ3n) is 2.68. The lowest BCUT2D eigenvalue weighted by molar-refractivity contribution is 0.415. The molecule has 2 rings (SSSR count). The van der Waals surface area contributed by atoms with Gasteiger partial charge in [0.15, 0.2) is 0 Å². The largest absolute Gasteiger partial charge is 0.508 e. The lowest BCUT2D eigenvalue weighted by atomic mass is 10.0. The molecule has 0 heterocycles. The number of anilines is 1. The molecule has 2 aromatic rings. The minimum atomic E-state index is 0.0949. The molecule has 0 saturated carbocycles. The molecule has 0 spiro atoms. The fraction of sp³-hybridized carbons (Fsp3) is 0.0714. The van der Waals surface area contributed by atoms with Crippen molar-refractivity contribution in [3.63, 3.8) is 0 Å². The van der Waals surface area contributed by atoms with Crippen LogP contribution < -0.4 is 10.5 Å². The Morgan fingerprint density at radius 3 is 2.44 bits per heavy atom. The van der Waals surface area contributed by atoms with Crippen molar-refractivity contribution in [1.82, 2.24) is 0 Å². The second-order valence-electron chi connectivity index (χ2n) is 3.88. The Morgan fingerprint density at radius 2 is 1.83 bits per heavy atom. The number of hydrogen-bond acceptors (Lipinski definition) is 4. The van der Waals surface area contributed by atoms with Gasteiger partial charge in [-0.05, 0) is 42.5 Å². The Morgan fingerprint density at radius 1 is 1.17 bits per heavy atom. The summed E-state index contributed by atoms with van der Waals surface area (Å²) in [6.45, 7) is 0. The minimum Gasteiger partial charge on any atom is -0.508 e. The second kappa shape index (κ2) is 4.79. The van der Waals surface area contributed by atoms with E-state index in [1.54, 1.807) is 37.4 Å². The molecule has 4 nitrogen and oxygen atoms in total. The smallest absolute Gasteiger partial charge is 0.118 e. The van der Waals surface area contributed by atoms with Crippen LogP contribution in [0.2, 0.25) is 0 Å². The van der Waals surface area contributed by atoms with Crippen molar-refractivity contribution in [2.24, 2.45) is 0 Å². The third kappa shape index (κ3) is 2.27. The molecule has 0 unspecified atom stereocenters. The molecule has 0 fully saturated rings. The van der Waals surface area contributed by atoms with Crippen LogP contribution in [0.1, 0.15) is 11.1 Å². The number of phenolic OH excluding ortho intramolecular Hbond substituents is 1. The van der Waals surface area contributed by atoms with Crippen molar-refractivity contribution >= 4 is 11.4 Å². The van der Waals surface area contributed by atoms with E-state index in [1.807, 2.05) is 0 Å². The fourth-order valence-corrected chi connectivity index (χ4v) is 1.67. The first kappa shape index (κ1) is 12.0. The monoisotopic (exact) mass is 242 g/mol. The van der Waals surface area contributed by atoms with E-state index in [0.717, 1.165) is 5.75 Å². The number of benzene rings is 2. The first-order chi connectivity index (χ1) is 8.61. The molecule has 18 heavy (non-hydrogen) atoms. The molecule has 4 heteroatoms. The van der Waals surface area contributed by atoms with Crippen LogP contribution in [0.25, 0.3) is 0 Å². The summed E-state index contributed by atoms with van der Waals surface area (Å²) in [4.78, 5) is 0. The van der Waals surface area contributed by atoms with Crippen molar-refractivity contribution in [2.75, 3.05) is 12.8 Å². The lowest BCUT2D eigenvalue weighted by Gasteiger charge is -2.09. The molecule has 0 aromatic heterocycles. The van der Waals surface area contributed by atoms with Crippen LogP contribution in [0.4, 0.5) is 5.69 Å². The Labute approximate surface area is 105 Å². The number of phenols is 1. The number of nitrogens with one attached hydrogen (secondary N) is 1. The number of hydrogen-bond donors (Lipinski definition) is 3. The van der Waals surface area contributed by atoms with E-state index in [4.69, 9.17) is 15.9 Å². The molecule has 0 radical (unpaired) electrons. The highest BCUT2D eigenvalue weighted by molar-refractivity contribution is 6.14. The summed E-state index contributed by atoms with van der Waals surface area (Å²) in [6.07, 6.45) is 0. The van der Waals surface area contributed by atoms with E-state index < -0.39 is 0 Å². The summed E-state index contributed by atoms with van der Waals surface area (Å²) < 4.78 is 5.06. The van der Waals surface area contributed by atoms with Gasteiger partial charge in [0.05, 0.1) is 12.8 Å². The summed E-state index contributed by atoms with van der Waals surface area (Å²) >= 11 is 0. The SMILES string of the molecule is COc1ccc(C(=N)c2cc(O)ccc2N)cc1. The molecule has 92 valence electrons. The molecule has 0 saturated heterocycles. The van der Waals surface area contributed by atoms with Gasteiger partial charge in [-0.2, -0.15) is 0 Å². The van der Waals surface area contributed by atoms with Crippen molar-refractivity contribution in [2.45, 2.75) is 0 Å². The molecular weight excluding hydrogens is 228 g/mol.